The van der Waals surface area contributed by atoms with Gasteiger partial charge in [0.2, 0.25) is 11.8 Å². The molecule has 0 saturated carbocycles. The van der Waals surface area contributed by atoms with E-state index >= 15 is 0 Å². The van der Waals surface area contributed by atoms with Crippen molar-refractivity contribution >= 4 is 0 Å². The SMILES string of the molecule is COc1ccc(-c2nnc(-c3ccc(CO)cc3)o2)cc1. The number of ether oxygens (including phenoxy) is 1. The van der Waals surface area contributed by atoms with Crippen LogP contribution >= 0.6 is 0 Å². The van der Waals surface area contributed by atoms with E-state index in [1.165, 1.54) is 0 Å². The summed E-state index contributed by atoms with van der Waals surface area (Å²) in [5.74, 6) is 1.68. The molecular formula is C16H14N2O3. The molecule has 0 aliphatic carbocycles. The van der Waals surface area contributed by atoms with Gasteiger partial charge in [0.15, 0.2) is 0 Å². The lowest BCUT2D eigenvalue weighted by atomic mass is 10.1. The van der Waals surface area contributed by atoms with Crippen LogP contribution in [0.3, 0.4) is 0 Å². The second-order valence-electron chi connectivity index (χ2n) is 4.50. The molecule has 0 atom stereocenters. The van der Waals surface area contributed by atoms with Gasteiger partial charge in [-0.2, -0.15) is 0 Å². The number of aliphatic hydroxyl groups is 1. The number of hydrogen-bond donors (Lipinski definition) is 1. The lowest BCUT2D eigenvalue weighted by molar-refractivity contribution is 0.282. The van der Waals surface area contributed by atoms with Crippen molar-refractivity contribution < 1.29 is 14.3 Å². The molecule has 3 rings (SSSR count). The van der Waals surface area contributed by atoms with Gasteiger partial charge in [0.1, 0.15) is 5.75 Å². The monoisotopic (exact) mass is 282 g/mol. The van der Waals surface area contributed by atoms with Crippen molar-refractivity contribution in [3.05, 3.63) is 54.1 Å². The Morgan fingerprint density at radius 3 is 1.90 bits per heavy atom. The molecule has 0 unspecified atom stereocenters. The van der Waals surface area contributed by atoms with E-state index in [2.05, 4.69) is 10.2 Å². The zero-order valence-corrected chi connectivity index (χ0v) is 11.5. The molecule has 0 fully saturated rings. The Labute approximate surface area is 121 Å². The summed E-state index contributed by atoms with van der Waals surface area (Å²) in [4.78, 5) is 0. The van der Waals surface area contributed by atoms with Crippen LogP contribution in [-0.2, 0) is 6.61 Å². The second kappa shape index (κ2) is 5.76. The Morgan fingerprint density at radius 1 is 0.905 bits per heavy atom. The molecule has 106 valence electrons. The fourth-order valence-electron chi connectivity index (χ4n) is 1.94. The first kappa shape index (κ1) is 13.3. The van der Waals surface area contributed by atoms with E-state index in [0.29, 0.717) is 11.8 Å². The maximum atomic E-state index is 9.03. The van der Waals surface area contributed by atoms with Gasteiger partial charge in [-0.1, -0.05) is 12.1 Å². The van der Waals surface area contributed by atoms with E-state index in [1.54, 1.807) is 7.11 Å². The van der Waals surface area contributed by atoms with Crippen LogP contribution in [0.15, 0.2) is 52.9 Å². The molecule has 0 saturated heterocycles. The summed E-state index contributed by atoms with van der Waals surface area (Å²) in [6, 6.07) is 14.8. The quantitative estimate of drug-likeness (QED) is 0.796. The molecule has 3 aromatic rings. The molecule has 0 radical (unpaired) electrons. The number of aliphatic hydroxyl groups excluding tert-OH is 1. The Balaban J connectivity index is 1.87. The third-order valence-corrected chi connectivity index (χ3v) is 3.15. The zero-order chi connectivity index (χ0) is 14.7. The number of rotatable bonds is 4. The summed E-state index contributed by atoms with van der Waals surface area (Å²) in [6.45, 7) is 0.0151. The predicted octanol–water partition coefficient (Wildman–Crippen LogP) is 2.90. The van der Waals surface area contributed by atoms with Crippen molar-refractivity contribution in [2.24, 2.45) is 0 Å². The number of methoxy groups -OCH3 is 1. The van der Waals surface area contributed by atoms with Crippen LogP contribution in [0, 0.1) is 0 Å². The molecule has 5 nitrogen and oxygen atoms in total. The van der Waals surface area contributed by atoms with Crippen LogP contribution in [0.5, 0.6) is 5.75 Å². The Hall–Kier alpha value is -2.66. The zero-order valence-electron chi connectivity index (χ0n) is 11.5. The van der Waals surface area contributed by atoms with Gasteiger partial charge in [-0.15, -0.1) is 10.2 Å². The van der Waals surface area contributed by atoms with Crippen molar-refractivity contribution in [3.63, 3.8) is 0 Å². The molecule has 0 bridgehead atoms. The van der Waals surface area contributed by atoms with Crippen LogP contribution in [0.1, 0.15) is 5.56 Å². The largest absolute Gasteiger partial charge is 0.497 e. The summed E-state index contributed by atoms with van der Waals surface area (Å²) >= 11 is 0. The smallest absolute Gasteiger partial charge is 0.248 e. The average Bonchev–Trinajstić information content (AvgIpc) is 3.05. The maximum absolute atomic E-state index is 9.03. The lowest BCUT2D eigenvalue weighted by Gasteiger charge is -1.99. The van der Waals surface area contributed by atoms with Crippen LogP contribution in [0.25, 0.3) is 22.9 Å². The third kappa shape index (κ3) is 2.78. The van der Waals surface area contributed by atoms with Crippen LogP contribution in [0.2, 0.25) is 0 Å². The molecule has 1 heterocycles. The molecular weight excluding hydrogens is 268 g/mol. The van der Waals surface area contributed by atoms with E-state index in [4.69, 9.17) is 14.3 Å². The Morgan fingerprint density at radius 2 is 1.43 bits per heavy atom. The highest BCUT2D eigenvalue weighted by atomic mass is 16.5. The third-order valence-electron chi connectivity index (χ3n) is 3.15. The molecule has 2 aromatic carbocycles. The molecule has 1 aromatic heterocycles. The highest BCUT2D eigenvalue weighted by molar-refractivity contribution is 5.58. The average molecular weight is 282 g/mol. The van der Waals surface area contributed by atoms with Crippen molar-refractivity contribution in [1.29, 1.82) is 0 Å². The van der Waals surface area contributed by atoms with Crippen molar-refractivity contribution in [3.8, 4) is 28.7 Å². The first-order valence-electron chi connectivity index (χ1n) is 6.48. The summed E-state index contributed by atoms with van der Waals surface area (Å²) in [5.41, 5.74) is 2.50. The first-order chi connectivity index (χ1) is 10.3. The van der Waals surface area contributed by atoms with E-state index in [0.717, 1.165) is 22.4 Å². The van der Waals surface area contributed by atoms with Crippen LogP contribution in [-0.4, -0.2) is 22.4 Å². The van der Waals surface area contributed by atoms with Crippen molar-refractivity contribution in [2.45, 2.75) is 6.61 Å². The normalized spacial score (nSPS) is 10.6. The van der Waals surface area contributed by atoms with Crippen molar-refractivity contribution in [1.82, 2.24) is 10.2 Å². The molecule has 1 N–H and O–H groups in total. The van der Waals surface area contributed by atoms with Gasteiger partial charge in [-0.05, 0) is 42.0 Å². The van der Waals surface area contributed by atoms with E-state index in [9.17, 15) is 0 Å². The molecule has 21 heavy (non-hydrogen) atoms. The fraction of sp³-hybridized carbons (Fsp3) is 0.125. The highest BCUT2D eigenvalue weighted by Crippen LogP contribution is 2.25. The molecule has 0 aliphatic rings. The summed E-state index contributed by atoms with van der Waals surface area (Å²) in [5, 5.41) is 17.1. The van der Waals surface area contributed by atoms with E-state index in [-0.39, 0.29) is 6.61 Å². The number of aromatic nitrogens is 2. The Bertz CT molecular complexity index is 656. The van der Waals surface area contributed by atoms with Crippen LogP contribution in [0.4, 0.5) is 0 Å². The van der Waals surface area contributed by atoms with E-state index < -0.39 is 0 Å². The van der Waals surface area contributed by atoms with Gasteiger partial charge in [-0.25, -0.2) is 0 Å². The van der Waals surface area contributed by atoms with Gasteiger partial charge in [0, 0.05) is 11.1 Å². The fourth-order valence-corrected chi connectivity index (χ4v) is 1.94. The van der Waals surface area contributed by atoms with Crippen molar-refractivity contribution in [2.75, 3.05) is 7.11 Å². The minimum absolute atomic E-state index is 0.0151. The van der Waals surface area contributed by atoms with Gasteiger partial charge >= 0.3 is 0 Å². The minimum atomic E-state index is 0.0151. The number of nitrogens with zero attached hydrogens (tertiary/aromatic N) is 2. The topological polar surface area (TPSA) is 68.4 Å². The summed E-state index contributed by atoms with van der Waals surface area (Å²) in [6.07, 6.45) is 0. The lowest BCUT2D eigenvalue weighted by Crippen LogP contribution is -1.83. The van der Waals surface area contributed by atoms with Gasteiger partial charge in [0.05, 0.1) is 13.7 Å². The van der Waals surface area contributed by atoms with Gasteiger partial charge in [0.25, 0.3) is 0 Å². The maximum Gasteiger partial charge on any atom is 0.248 e. The second-order valence-corrected chi connectivity index (χ2v) is 4.50. The summed E-state index contributed by atoms with van der Waals surface area (Å²) in [7, 11) is 1.62. The predicted molar refractivity (Wildman–Crippen MR) is 77.6 cm³/mol. The van der Waals surface area contributed by atoms with Gasteiger partial charge in [-0.3, -0.25) is 0 Å². The number of benzene rings is 2. The molecule has 0 amide bonds. The van der Waals surface area contributed by atoms with E-state index in [1.807, 2.05) is 48.5 Å². The summed E-state index contributed by atoms with van der Waals surface area (Å²) < 4.78 is 10.8. The highest BCUT2D eigenvalue weighted by Gasteiger charge is 2.10. The first-order valence-corrected chi connectivity index (χ1v) is 6.48. The molecule has 0 spiro atoms. The van der Waals surface area contributed by atoms with Crippen LogP contribution < -0.4 is 4.74 Å². The minimum Gasteiger partial charge on any atom is -0.497 e. The molecule has 5 heteroatoms. The van der Waals surface area contributed by atoms with Gasteiger partial charge < -0.3 is 14.3 Å². The Kier molecular flexibility index (Phi) is 3.66. The molecule has 0 aliphatic heterocycles. The number of hydrogen-bond acceptors (Lipinski definition) is 5. The standard InChI is InChI=1S/C16H14N2O3/c1-20-14-8-6-13(7-9-14)16-18-17-15(21-16)12-4-2-11(10-19)3-5-12/h2-9,19H,10H2,1H3.